The number of anilines is 2. The Bertz CT molecular complexity index is 944. The van der Waals surface area contributed by atoms with Crippen molar-refractivity contribution in [3.05, 3.63) is 51.4 Å². The Morgan fingerprint density at radius 3 is 2.56 bits per heavy atom. The molecular weight excluding hydrogens is 446 g/mol. The molecule has 1 N–H and O–H groups in total. The predicted molar refractivity (Wildman–Crippen MR) is 98.1 cm³/mol. The second-order valence-electron chi connectivity index (χ2n) is 5.41. The van der Waals surface area contributed by atoms with Crippen LogP contribution in [-0.2, 0) is 0 Å². The molecule has 0 radical (unpaired) electrons. The van der Waals surface area contributed by atoms with Crippen LogP contribution in [0.5, 0.6) is 5.75 Å². The summed E-state index contributed by atoms with van der Waals surface area (Å²) in [7, 11) is 0. The van der Waals surface area contributed by atoms with Crippen molar-refractivity contribution in [2.45, 2.75) is 20.2 Å². The quantitative estimate of drug-likeness (QED) is 0.527. The minimum atomic E-state index is -4.73. The monoisotopic (exact) mass is 459 g/mol. The molecule has 0 spiro atoms. The average Bonchev–Trinajstić information content (AvgIpc) is 2.50. The number of fused-ring (bicyclic) bond motifs is 1. The van der Waals surface area contributed by atoms with Crippen molar-refractivity contribution >= 4 is 45.0 Å². The summed E-state index contributed by atoms with van der Waals surface area (Å²) in [5.74, 6) is 0.809. The molecule has 1 aromatic heterocycles. The summed E-state index contributed by atoms with van der Waals surface area (Å²) < 4.78 is 42.1. The van der Waals surface area contributed by atoms with Crippen molar-refractivity contribution in [2.75, 3.05) is 5.32 Å². The second-order valence-corrected chi connectivity index (χ2v) is 6.49. The van der Waals surface area contributed by atoms with Crippen molar-refractivity contribution in [3.63, 3.8) is 0 Å². The van der Waals surface area contributed by atoms with Gasteiger partial charge in [0.25, 0.3) is 0 Å². The first-order valence-electron chi connectivity index (χ1n) is 7.29. The minimum absolute atomic E-state index is 0.294. The van der Waals surface area contributed by atoms with Gasteiger partial charge in [0.2, 0.25) is 0 Å². The molecule has 0 unspecified atom stereocenters. The van der Waals surface area contributed by atoms with Crippen LogP contribution in [0.25, 0.3) is 10.9 Å². The smallest absolute Gasteiger partial charge is 0.406 e. The van der Waals surface area contributed by atoms with Gasteiger partial charge in [-0.05, 0) is 60.2 Å². The largest absolute Gasteiger partial charge is 0.573 e. The van der Waals surface area contributed by atoms with Gasteiger partial charge in [0, 0.05) is 20.7 Å². The summed E-state index contributed by atoms with van der Waals surface area (Å²) in [5.41, 5.74) is 2.34. The third-order valence-corrected chi connectivity index (χ3v) is 4.80. The molecule has 0 aliphatic rings. The number of hydrogen-bond acceptors (Lipinski definition) is 4. The van der Waals surface area contributed by atoms with Gasteiger partial charge in [-0.1, -0.05) is 12.1 Å². The zero-order valence-corrected chi connectivity index (χ0v) is 15.4. The number of alkyl halides is 3. The van der Waals surface area contributed by atoms with E-state index in [9.17, 15) is 13.2 Å². The topological polar surface area (TPSA) is 47.0 Å². The molecule has 8 heteroatoms. The van der Waals surface area contributed by atoms with Crippen LogP contribution in [0.2, 0.25) is 0 Å². The van der Waals surface area contributed by atoms with E-state index in [0.29, 0.717) is 17.3 Å². The average molecular weight is 459 g/mol. The molecule has 0 saturated heterocycles. The van der Waals surface area contributed by atoms with Gasteiger partial charge in [-0.2, -0.15) is 0 Å². The van der Waals surface area contributed by atoms with Gasteiger partial charge in [0.05, 0.1) is 5.52 Å². The van der Waals surface area contributed by atoms with Crippen LogP contribution >= 0.6 is 22.6 Å². The molecule has 0 aliphatic carbocycles. The van der Waals surface area contributed by atoms with E-state index in [4.69, 9.17) is 0 Å². The summed E-state index contributed by atoms with van der Waals surface area (Å²) in [4.78, 5) is 8.86. The molecule has 1 heterocycles. The van der Waals surface area contributed by atoms with E-state index in [1.807, 2.05) is 19.1 Å². The van der Waals surface area contributed by atoms with Gasteiger partial charge in [0.1, 0.15) is 17.4 Å². The number of ether oxygens (including phenoxy) is 1. The molecule has 130 valence electrons. The Morgan fingerprint density at radius 1 is 1.08 bits per heavy atom. The van der Waals surface area contributed by atoms with Crippen LogP contribution in [-0.4, -0.2) is 16.3 Å². The Hall–Kier alpha value is -2.10. The Kier molecular flexibility index (Phi) is 4.72. The van der Waals surface area contributed by atoms with Crippen LogP contribution in [0.1, 0.15) is 11.4 Å². The van der Waals surface area contributed by atoms with Gasteiger partial charge < -0.3 is 10.1 Å². The van der Waals surface area contributed by atoms with E-state index < -0.39 is 6.36 Å². The fraction of sp³-hybridized carbons (Fsp3) is 0.176. The van der Waals surface area contributed by atoms with E-state index >= 15 is 0 Å². The maximum Gasteiger partial charge on any atom is 0.573 e. The van der Waals surface area contributed by atoms with E-state index in [-0.39, 0.29) is 5.75 Å². The van der Waals surface area contributed by atoms with Gasteiger partial charge in [-0.25, -0.2) is 9.97 Å². The van der Waals surface area contributed by atoms with Gasteiger partial charge in [-0.3, -0.25) is 0 Å². The van der Waals surface area contributed by atoms with Crippen LogP contribution in [0.4, 0.5) is 24.7 Å². The Morgan fingerprint density at radius 2 is 1.84 bits per heavy atom. The molecule has 0 aliphatic heterocycles. The normalized spacial score (nSPS) is 11.6. The third kappa shape index (κ3) is 4.12. The molecule has 0 amide bonds. The highest BCUT2D eigenvalue weighted by Gasteiger charge is 2.31. The zero-order valence-electron chi connectivity index (χ0n) is 13.3. The van der Waals surface area contributed by atoms with Crippen molar-refractivity contribution in [3.8, 4) is 5.75 Å². The molecule has 4 nitrogen and oxygen atoms in total. The van der Waals surface area contributed by atoms with Crippen molar-refractivity contribution < 1.29 is 17.9 Å². The van der Waals surface area contributed by atoms with Crippen molar-refractivity contribution in [2.24, 2.45) is 0 Å². The van der Waals surface area contributed by atoms with Crippen LogP contribution in [0.15, 0.2) is 36.4 Å². The summed E-state index contributed by atoms with van der Waals surface area (Å²) in [6.07, 6.45) is -4.73. The van der Waals surface area contributed by atoms with E-state index in [1.54, 1.807) is 13.0 Å². The van der Waals surface area contributed by atoms with E-state index in [0.717, 1.165) is 20.0 Å². The van der Waals surface area contributed by atoms with Crippen LogP contribution in [0, 0.1) is 17.4 Å². The highest BCUT2D eigenvalue weighted by molar-refractivity contribution is 14.1. The number of benzene rings is 2. The minimum Gasteiger partial charge on any atom is -0.406 e. The summed E-state index contributed by atoms with van der Waals surface area (Å²) in [5, 5.41) is 3.85. The first-order valence-corrected chi connectivity index (χ1v) is 8.37. The first kappa shape index (κ1) is 17.7. The molecule has 0 bridgehead atoms. The van der Waals surface area contributed by atoms with E-state index in [2.05, 4.69) is 42.6 Å². The fourth-order valence-corrected chi connectivity index (χ4v) is 2.97. The highest BCUT2D eigenvalue weighted by Crippen LogP contribution is 2.30. The fourth-order valence-electron chi connectivity index (χ4n) is 2.38. The number of aryl methyl sites for hydroxylation is 2. The molecule has 0 saturated carbocycles. The summed E-state index contributed by atoms with van der Waals surface area (Å²) in [6.45, 7) is 3.76. The molecule has 2 aromatic carbocycles. The number of nitrogens with one attached hydrogen (secondary N) is 1. The lowest BCUT2D eigenvalue weighted by Crippen LogP contribution is -2.17. The van der Waals surface area contributed by atoms with E-state index in [1.165, 1.54) is 18.2 Å². The number of hydrogen-bond donors (Lipinski definition) is 1. The van der Waals surface area contributed by atoms with Gasteiger partial charge in [-0.15, -0.1) is 13.2 Å². The first-order chi connectivity index (χ1) is 11.7. The molecule has 3 aromatic rings. The standard InChI is InChI=1S/C17H13F3IN3O/c1-9-6-7-13-15(14(9)21)22-10(2)23-16(13)24-11-4-3-5-12(8-11)25-17(18,19)20/h3-8H,1-2H3,(H,22,23,24). The summed E-state index contributed by atoms with van der Waals surface area (Å²) >= 11 is 2.22. The highest BCUT2D eigenvalue weighted by atomic mass is 127. The Balaban J connectivity index is 2.01. The molecule has 0 atom stereocenters. The number of rotatable bonds is 3. The van der Waals surface area contributed by atoms with Crippen LogP contribution < -0.4 is 10.1 Å². The Labute approximate surface area is 155 Å². The predicted octanol–water partition coefficient (Wildman–Crippen LogP) is 5.49. The van der Waals surface area contributed by atoms with Gasteiger partial charge in [0.15, 0.2) is 0 Å². The maximum atomic E-state index is 12.4. The second kappa shape index (κ2) is 6.66. The lowest BCUT2D eigenvalue weighted by molar-refractivity contribution is -0.274. The third-order valence-electron chi connectivity index (χ3n) is 3.44. The molecule has 25 heavy (non-hydrogen) atoms. The SMILES string of the molecule is Cc1nc(Nc2cccc(OC(F)(F)F)c2)c2ccc(C)c(I)c2n1. The lowest BCUT2D eigenvalue weighted by atomic mass is 10.1. The number of aromatic nitrogens is 2. The lowest BCUT2D eigenvalue weighted by Gasteiger charge is -2.13. The number of nitrogens with zero attached hydrogens (tertiary/aromatic N) is 2. The maximum absolute atomic E-state index is 12.4. The number of halogens is 4. The zero-order chi connectivity index (χ0) is 18.2. The molecule has 0 fully saturated rings. The van der Waals surface area contributed by atoms with Crippen molar-refractivity contribution in [1.29, 1.82) is 0 Å². The van der Waals surface area contributed by atoms with Gasteiger partial charge >= 0.3 is 6.36 Å². The molecule has 3 rings (SSSR count). The summed E-state index contributed by atoms with van der Waals surface area (Å²) in [6, 6.07) is 9.49. The molecular formula is C17H13F3IN3O. The van der Waals surface area contributed by atoms with Crippen LogP contribution in [0.3, 0.4) is 0 Å². The van der Waals surface area contributed by atoms with Crippen molar-refractivity contribution in [1.82, 2.24) is 9.97 Å².